The van der Waals surface area contributed by atoms with Crippen molar-refractivity contribution in [2.75, 3.05) is 19.7 Å². The Hall–Kier alpha value is -1.35. The van der Waals surface area contributed by atoms with E-state index in [0.29, 0.717) is 6.54 Å². The fourth-order valence-electron chi connectivity index (χ4n) is 2.38. The van der Waals surface area contributed by atoms with Gasteiger partial charge in [-0.1, -0.05) is 18.2 Å². The van der Waals surface area contributed by atoms with Crippen molar-refractivity contribution < 1.29 is 9.90 Å². The van der Waals surface area contributed by atoms with E-state index in [-0.39, 0.29) is 18.4 Å². The molecule has 1 fully saturated rings. The van der Waals surface area contributed by atoms with Gasteiger partial charge in [-0.15, -0.1) is 0 Å². The Kier molecular flexibility index (Phi) is 3.79. The van der Waals surface area contributed by atoms with Gasteiger partial charge in [-0.3, -0.25) is 4.79 Å². The number of rotatable bonds is 2. The van der Waals surface area contributed by atoms with E-state index in [0.717, 1.165) is 30.5 Å². The van der Waals surface area contributed by atoms with Crippen molar-refractivity contribution in [3.63, 3.8) is 0 Å². The second kappa shape index (κ2) is 5.32. The van der Waals surface area contributed by atoms with E-state index in [2.05, 4.69) is 0 Å². The van der Waals surface area contributed by atoms with Crippen LogP contribution < -0.4 is 0 Å². The van der Waals surface area contributed by atoms with Crippen molar-refractivity contribution in [1.82, 2.24) is 4.90 Å². The smallest absolute Gasteiger partial charge is 0.254 e. The Morgan fingerprint density at radius 1 is 1.47 bits per heavy atom. The molecule has 1 aromatic carbocycles. The van der Waals surface area contributed by atoms with Crippen molar-refractivity contribution in [3.8, 4) is 0 Å². The molecule has 1 heterocycles. The van der Waals surface area contributed by atoms with Crippen LogP contribution in [0.3, 0.4) is 0 Å². The molecule has 1 aliphatic rings. The lowest BCUT2D eigenvalue weighted by Crippen LogP contribution is -2.41. The third-order valence-corrected chi connectivity index (χ3v) is 3.44. The van der Waals surface area contributed by atoms with Crippen LogP contribution in [-0.4, -0.2) is 35.6 Å². The minimum atomic E-state index is 0.0984. The average Bonchev–Trinajstić information content (AvgIpc) is 2.38. The van der Waals surface area contributed by atoms with Gasteiger partial charge in [0.2, 0.25) is 0 Å². The van der Waals surface area contributed by atoms with Crippen molar-refractivity contribution in [1.29, 1.82) is 0 Å². The van der Waals surface area contributed by atoms with Gasteiger partial charge in [0, 0.05) is 25.3 Å². The van der Waals surface area contributed by atoms with Gasteiger partial charge >= 0.3 is 0 Å². The number of carbonyl (C=O) groups excluding carboxylic acids is 1. The zero-order valence-corrected chi connectivity index (χ0v) is 10.2. The highest BCUT2D eigenvalue weighted by Gasteiger charge is 2.24. The summed E-state index contributed by atoms with van der Waals surface area (Å²) in [5, 5.41) is 9.18. The zero-order valence-electron chi connectivity index (χ0n) is 10.2. The molecule has 0 spiro atoms. The minimum Gasteiger partial charge on any atom is -0.396 e. The first-order valence-corrected chi connectivity index (χ1v) is 6.18. The summed E-state index contributed by atoms with van der Waals surface area (Å²) in [6, 6.07) is 7.67. The van der Waals surface area contributed by atoms with Gasteiger partial charge in [0.05, 0.1) is 0 Å². The number of amides is 1. The summed E-state index contributed by atoms with van der Waals surface area (Å²) in [5.74, 6) is 0.345. The molecule has 3 nitrogen and oxygen atoms in total. The normalized spacial score (nSPS) is 20.4. The fourth-order valence-corrected chi connectivity index (χ4v) is 2.38. The van der Waals surface area contributed by atoms with Gasteiger partial charge in [-0.05, 0) is 37.3 Å². The van der Waals surface area contributed by atoms with Gasteiger partial charge < -0.3 is 10.0 Å². The summed E-state index contributed by atoms with van der Waals surface area (Å²) in [5.41, 5.74) is 1.80. The number of likely N-dealkylation sites (tertiary alicyclic amines) is 1. The fraction of sp³-hybridized carbons (Fsp3) is 0.500. The van der Waals surface area contributed by atoms with Crippen LogP contribution >= 0.6 is 0 Å². The minimum absolute atomic E-state index is 0.0984. The first kappa shape index (κ1) is 12.1. The van der Waals surface area contributed by atoms with E-state index in [1.54, 1.807) is 0 Å². The molecular formula is C14H19NO2. The average molecular weight is 233 g/mol. The monoisotopic (exact) mass is 233 g/mol. The molecule has 1 amide bonds. The maximum atomic E-state index is 12.3. The lowest BCUT2D eigenvalue weighted by atomic mass is 9.97. The van der Waals surface area contributed by atoms with E-state index in [1.165, 1.54) is 0 Å². The third kappa shape index (κ3) is 2.67. The van der Waals surface area contributed by atoms with Gasteiger partial charge in [0.25, 0.3) is 5.91 Å². The summed E-state index contributed by atoms with van der Waals surface area (Å²) >= 11 is 0. The highest BCUT2D eigenvalue weighted by Crippen LogP contribution is 2.19. The second-order valence-electron chi connectivity index (χ2n) is 4.76. The van der Waals surface area contributed by atoms with Gasteiger partial charge in [-0.25, -0.2) is 0 Å². The molecule has 17 heavy (non-hydrogen) atoms. The van der Waals surface area contributed by atoms with Crippen molar-refractivity contribution in [2.24, 2.45) is 5.92 Å². The number of hydrogen-bond donors (Lipinski definition) is 1. The number of hydrogen-bond acceptors (Lipinski definition) is 2. The maximum absolute atomic E-state index is 12.3. The largest absolute Gasteiger partial charge is 0.396 e. The Morgan fingerprint density at radius 3 is 2.94 bits per heavy atom. The number of aliphatic hydroxyl groups excluding tert-OH is 1. The van der Waals surface area contributed by atoms with Gasteiger partial charge in [0.1, 0.15) is 0 Å². The summed E-state index contributed by atoms with van der Waals surface area (Å²) in [7, 11) is 0. The summed E-state index contributed by atoms with van der Waals surface area (Å²) in [4.78, 5) is 14.2. The van der Waals surface area contributed by atoms with E-state index < -0.39 is 0 Å². The molecule has 2 rings (SSSR count). The standard InChI is InChI=1S/C14H19NO2/c1-11-5-2-3-7-13(11)14(17)15-8-4-6-12(9-15)10-16/h2-3,5,7,12,16H,4,6,8-10H2,1H3/t12-/m1/s1. The Labute approximate surface area is 102 Å². The number of aryl methyl sites for hydroxylation is 1. The topological polar surface area (TPSA) is 40.5 Å². The molecule has 1 aromatic rings. The summed E-state index contributed by atoms with van der Waals surface area (Å²) in [6.45, 7) is 3.63. The Bertz CT molecular complexity index is 403. The van der Waals surface area contributed by atoms with Crippen LogP contribution in [-0.2, 0) is 0 Å². The number of benzene rings is 1. The quantitative estimate of drug-likeness (QED) is 0.846. The van der Waals surface area contributed by atoms with Crippen LogP contribution in [0.2, 0.25) is 0 Å². The highest BCUT2D eigenvalue weighted by molar-refractivity contribution is 5.95. The molecular weight excluding hydrogens is 214 g/mol. The molecule has 0 bridgehead atoms. The lowest BCUT2D eigenvalue weighted by molar-refractivity contribution is 0.0620. The van der Waals surface area contributed by atoms with Crippen molar-refractivity contribution in [2.45, 2.75) is 19.8 Å². The van der Waals surface area contributed by atoms with E-state index in [9.17, 15) is 9.90 Å². The first-order valence-electron chi connectivity index (χ1n) is 6.18. The summed E-state index contributed by atoms with van der Waals surface area (Å²) in [6.07, 6.45) is 2.01. The van der Waals surface area contributed by atoms with Crippen molar-refractivity contribution in [3.05, 3.63) is 35.4 Å². The number of aliphatic hydroxyl groups is 1. The van der Waals surface area contributed by atoms with E-state index >= 15 is 0 Å². The molecule has 1 saturated heterocycles. The third-order valence-electron chi connectivity index (χ3n) is 3.44. The number of nitrogens with zero attached hydrogens (tertiary/aromatic N) is 1. The van der Waals surface area contributed by atoms with Gasteiger partial charge in [-0.2, -0.15) is 0 Å². The predicted molar refractivity (Wildman–Crippen MR) is 66.9 cm³/mol. The predicted octanol–water partition coefficient (Wildman–Crippen LogP) is 1.84. The molecule has 0 saturated carbocycles. The molecule has 1 N–H and O–H groups in total. The van der Waals surface area contributed by atoms with Crippen LogP contribution in [0.5, 0.6) is 0 Å². The number of carbonyl (C=O) groups is 1. The van der Waals surface area contributed by atoms with E-state index in [4.69, 9.17) is 0 Å². The SMILES string of the molecule is Cc1ccccc1C(=O)N1CCC[C@@H](CO)C1. The van der Waals surface area contributed by atoms with Crippen LogP contribution in [0.25, 0.3) is 0 Å². The molecule has 0 aliphatic carbocycles. The van der Waals surface area contributed by atoms with Crippen LogP contribution in [0, 0.1) is 12.8 Å². The maximum Gasteiger partial charge on any atom is 0.254 e. The van der Waals surface area contributed by atoms with E-state index in [1.807, 2.05) is 36.1 Å². The second-order valence-corrected chi connectivity index (χ2v) is 4.76. The molecule has 0 radical (unpaired) electrons. The molecule has 92 valence electrons. The van der Waals surface area contributed by atoms with Crippen LogP contribution in [0.1, 0.15) is 28.8 Å². The first-order chi connectivity index (χ1) is 8.22. The Morgan fingerprint density at radius 2 is 2.24 bits per heavy atom. The van der Waals surface area contributed by atoms with Crippen molar-refractivity contribution >= 4 is 5.91 Å². The highest BCUT2D eigenvalue weighted by atomic mass is 16.3. The lowest BCUT2D eigenvalue weighted by Gasteiger charge is -2.32. The molecule has 3 heteroatoms. The molecule has 1 atom stereocenters. The molecule has 1 aliphatic heterocycles. The molecule has 0 aromatic heterocycles. The zero-order chi connectivity index (χ0) is 12.3. The summed E-state index contributed by atoms with van der Waals surface area (Å²) < 4.78 is 0. The van der Waals surface area contributed by atoms with Crippen LogP contribution in [0.4, 0.5) is 0 Å². The number of piperidine rings is 1. The Balaban J connectivity index is 2.12. The van der Waals surface area contributed by atoms with Crippen LogP contribution in [0.15, 0.2) is 24.3 Å². The molecule has 0 unspecified atom stereocenters. The van der Waals surface area contributed by atoms with Gasteiger partial charge in [0.15, 0.2) is 0 Å².